The van der Waals surface area contributed by atoms with Crippen molar-refractivity contribution in [1.82, 2.24) is 19.7 Å². The largest absolute Gasteiger partial charge is 0.361 e. The van der Waals surface area contributed by atoms with Crippen LogP contribution in [0.1, 0.15) is 32.4 Å². The Bertz CT molecular complexity index is 820. The maximum atomic E-state index is 12.1. The van der Waals surface area contributed by atoms with Gasteiger partial charge in [0.1, 0.15) is 5.39 Å². The summed E-state index contributed by atoms with van der Waals surface area (Å²) < 4.78 is 1.80. The van der Waals surface area contributed by atoms with Crippen LogP contribution in [0.25, 0.3) is 11.0 Å². The predicted molar refractivity (Wildman–Crippen MR) is 94.1 cm³/mol. The molecule has 0 radical (unpaired) electrons. The van der Waals surface area contributed by atoms with Crippen molar-refractivity contribution in [3.05, 3.63) is 52.6 Å². The van der Waals surface area contributed by atoms with Crippen LogP contribution in [0.4, 0.5) is 5.82 Å². The van der Waals surface area contributed by atoms with Gasteiger partial charge in [0.05, 0.1) is 12.4 Å². The van der Waals surface area contributed by atoms with Gasteiger partial charge in [0.15, 0.2) is 11.5 Å². The average molecular weight is 313 g/mol. The van der Waals surface area contributed by atoms with E-state index in [-0.39, 0.29) is 11.6 Å². The van der Waals surface area contributed by atoms with Gasteiger partial charge in [0.25, 0.3) is 5.56 Å². The molecule has 3 rings (SSSR count). The first-order valence-corrected chi connectivity index (χ1v) is 7.77. The SMILES string of the molecule is CC.CC(c1ccccc1)n1nc(N(C)C)c2c(=O)[nH]cnc21. The number of aromatic nitrogens is 4. The third-order valence-corrected chi connectivity index (χ3v) is 3.55. The Kier molecular flexibility index (Phi) is 5.16. The van der Waals surface area contributed by atoms with Crippen molar-refractivity contribution in [3.8, 4) is 0 Å². The third-order valence-electron chi connectivity index (χ3n) is 3.55. The fourth-order valence-electron chi connectivity index (χ4n) is 2.42. The molecular formula is C17H23N5O. The first-order valence-electron chi connectivity index (χ1n) is 7.77. The Morgan fingerprint density at radius 3 is 2.43 bits per heavy atom. The summed E-state index contributed by atoms with van der Waals surface area (Å²) in [5, 5.41) is 5.10. The molecule has 0 fully saturated rings. The molecule has 6 nitrogen and oxygen atoms in total. The van der Waals surface area contributed by atoms with Crippen LogP contribution in [-0.2, 0) is 0 Å². The number of anilines is 1. The zero-order valence-electron chi connectivity index (χ0n) is 14.2. The number of nitrogens with one attached hydrogen (secondary N) is 1. The van der Waals surface area contributed by atoms with E-state index < -0.39 is 0 Å². The van der Waals surface area contributed by atoms with E-state index in [4.69, 9.17) is 0 Å². The van der Waals surface area contributed by atoms with Crippen molar-refractivity contribution in [2.45, 2.75) is 26.8 Å². The average Bonchev–Trinajstić information content (AvgIpc) is 2.98. The molecule has 3 aromatic rings. The smallest absolute Gasteiger partial charge is 0.264 e. The molecular weight excluding hydrogens is 290 g/mol. The number of hydrogen-bond acceptors (Lipinski definition) is 4. The van der Waals surface area contributed by atoms with Crippen LogP contribution < -0.4 is 10.5 Å². The number of H-pyrrole nitrogens is 1. The van der Waals surface area contributed by atoms with Crippen LogP contribution >= 0.6 is 0 Å². The fraction of sp³-hybridized carbons (Fsp3) is 0.353. The Morgan fingerprint density at radius 2 is 1.83 bits per heavy atom. The molecule has 6 heteroatoms. The van der Waals surface area contributed by atoms with E-state index in [1.807, 2.05) is 70.1 Å². The van der Waals surface area contributed by atoms with E-state index in [0.29, 0.717) is 16.9 Å². The molecule has 23 heavy (non-hydrogen) atoms. The normalized spacial score (nSPS) is 11.7. The van der Waals surface area contributed by atoms with Crippen LogP contribution in [0.3, 0.4) is 0 Å². The lowest BCUT2D eigenvalue weighted by Gasteiger charge is -2.13. The molecule has 0 amide bonds. The standard InChI is InChI=1S/C15H17N5O.C2H6/c1-10(11-7-5-4-6-8-11)20-13-12(14(18-20)19(2)3)15(21)17-9-16-13;1-2/h4-10H,1-3H3,(H,16,17,21);1-2H3. The van der Waals surface area contributed by atoms with Crippen molar-refractivity contribution < 1.29 is 0 Å². The second-order valence-electron chi connectivity index (χ2n) is 5.18. The van der Waals surface area contributed by atoms with Gasteiger partial charge in [-0.3, -0.25) is 4.79 Å². The monoisotopic (exact) mass is 313 g/mol. The van der Waals surface area contributed by atoms with Crippen molar-refractivity contribution in [1.29, 1.82) is 0 Å². The van der Waals surface area contributed by atoms with Crippen LogP contribution in [0.2, 0.25) is 0 Å². The Labute approximate surface area is 135 Å². The van der Waals surface area contributed by atoms with E-state index in [1.165, 1.54) is 6.33 Å². The molecule has 0 saturated carbocycles. The van der Waals surface area contributed by atoms with Gasteiger partial charge in [-0.1, -0.05) is 44.2 Å². The summed E-state index contributed by atoms with van der Waals surface area (Å²) in [5.41, 5.74) is 1.54. The number of rotatable bonds is 3. The van der Waals surface area contributed by atoms with E-state index in [1.54, 1.807) is 4.68 Å². The third kappa shape index (κ3) is 3.11. The first kappa shape index (κ1) is 16.7. The molecule has 0 spiro atoms. The number of fused-ring (bicyclic) bond motifs is 1. The molecule has 0 aliphatic heterocycles. The van der Waals surface area contributed by atoms with Crippen molar-refractivity contribution in [3.63, 3.8) is 0 Å². The van der Waals surface area contributed by atoms with Crippen molar-refractivity contribution in [2.24, 2.45) is 0 Å². The number of nitrogens with zero attached hydrogens (tertiary/aromatic N) is 4. The highest BCUT2D eigenvalue weighted by atomic mass is 16.1. The summed E-state index contributed by atoms with van der Waals surface area (Å²) >= 11 is 0. The zero-order valence-corrected chi connectivity index (χ0v) is 14.2. The quantitative estimate of drug-likeness (QED) is 0.807. The van der Waals surface area contributed by atoms with Gasteiger partial charge in [0, 0.05) is 14.1 Å². The van der Waals surface area contributed by atoms with E-state index in [2.05, 4.69) is 15.1 Å². The molecule has 0 saturated heterocycles. The van der Waals surface area contributed by atoms with E-state index in [0.717, 1.165) is 5.56 Å². The zero-order chi connectivity index (χ0) is 17.0. The summed E-state index contributed by atoms with van der Waals surface area (Å²) in [6.45, 7) is 6.05. The van der Waals surface area contributed by atoms with Crippen LogP contribution in [0, 0.1) is 0 Å². The lowest BCUT2D eigenvalue weighted by molar-refractivity contribution is 0.578. The minimum absolute atomic E-state index is 0.00306. The Hall–Kier alpha value is -2.63. The van der Waals surface area contributed by atoms with Gasteiger partial charge in [0.2, 0.25) is 0 Å². The molecule has 2 aromatic heterocycles. The maximum Gasteiger partial charge on any atom is 0.264 e. The Morgan fingerprint density at radius 1 is 1.17 bits per heavy atom. The highest BCUT2D eigenvalue weighted by Gasteiger charge is 2.20. The number of aromatic amines is 1. The molecule has 1 N–H and O–H groups in total. The lowest BCUT2D eigenvalue weighted by Crippen LogP contribution is -2.14. The lowest BCUT2D eigenvalue weighted by atomic mass is 10.1. The number of benzene rings is 1. The summed E-state index contributed by atoms with van der Waals surface area (Å²) in [7, 11) is 3.73. The summed E-state index contributed by atoms with van der Waals surface area (Å²) in [6.07, 6.45) is 1.42. The second-order valence-corrected chi connectivity index (χ2v) is 5.18. The second kappa shape index (κ2) is 7.09. The molecule has 0 aliphatic rings. The molecule has 1 unspecified atom stereocenters. The molecule has 0 bridgehead atoms. The summed E-state index contributed by atoms with van der Waals surface area (Å²) in [6, 6.07) is 10.0. The Balaban J connectivity index is 0.000000924. The van der Waals surface area contributed by atoms with Gasteiger partial charge < -0.3 is 9.88 Å². The minimum atomic E-state index is -0.171. The van der Waals surface area contributed by atoms with Gasteiger partial charge in [-0.25, -0.2) is 9.67 Å². The highest BCUT2D eigenvalue weighted by Crippen LogP contribution is 2.25. The molecule has 2 heterocycles. The van der Waals surface area contributed by atoms with Gasteiger partial charge in [-0.2, -0.15) is 5.10 Å². The van der Waals surface area contributed by atoms with Crippen molar-refractivity contribution in [2.75, 3.05) is 19.0 Å². The van der Waals surface area contributed by atoms with E-state index >= 15 is 0 Å². The van der Waals surface area contributed by atoms with Gasteiger partial charge >= 0.3 is 0 Å². The minimum Gasteiger partial charge on any atom is -0.361 e. The fourth-order valence-corrected chi connectivity index (χ4v) is 2.42. The van der Waals surface area contributed by atoms with Gasteiger partial charge in [-0.15, -0.1) is 0 Å². The topological polar surface area (TPSA) is 66.8 Å². The van der Waals surface area contributed by atoms with Crippen LogP contribution in [-0.4, -0.2) is 33.8 Å². The molecule has 1 atom stereocenters. The molecule has 1 aromatic carbocycles. The summed E-state index contributed by atoms with van der Waals surface area (Å²) in [5.74, 6) is 0.627. The molecule has 122 valence electrons. The van der Waals surface area contributed by atoms with Crippen LogP contribution in [0.15, 0.2) is 41.5 Å². The maximum absolute atomic E-state index is 12.1. The van der Waals surface area contributed by atoms with Crippen molar-refractivity contribution >= 4 is 16.9 Å². The first-order chi connectivity index (χ1) is 11.1. The van der Waals surface area contributed by atoms with Crippen LogP contribution in [0.5, 0.6) is 0 Å². The number of hydrogen-bond donors (Lipinski definition) is 1. The highest BCUT2D eigenvalue weighted by molar-refractivity contribution is 5.87. The predicted octanol–water partition coefficient (Wildman–Crippen LogP) is 2.82. The van der Waals surface area contributed by atoms with E-state index in [9.17, 15) is 4.79 Å². The molecule has 0 aliphatic carbocycles. The van der Waals surface area contributed by atoms with Gasteiger partial charge in [-0.05, 0) is 12.5 Å². The summed E-state index contributed by atoms with van der Waals surface area (Å²) in [4.78, 5) is 20.9.